The first-order valence-corrected chi connectivity index (χ1v) is 5.34. The minimum absolute atomic E-state index is 0.0774. The van der Waals surface area contributed by atoms with Crippen molar-refractivity contribution < 1.29 is 4.79 Å². The lowest BCUT2D eigenvalue weighted by Crippen LogP contribution is -2.46. The second kappa shape index (κ2) is 6.41. The molecule has 0 aromatic carbocycles. The summed E-state index contributed by atoms with van der Waals surface area (Å²) >= 11 is 0. The number of likely N-dealkylation sites (N-methyl/N-ethyl adjacent to an activating group) is 1. The Morgan fingerprint density at radius 2 is 2.07 bits per heavy atom. The fourth-order valence-corrected chi connectivity index (χ4v) is 1.29. The molecule has 0 aliphatic heterocycles. The second-order valence-electron chi connectivity index (χ2n) is 4.16. The van der Waals surface area contributed by atoms with Crippen LogP contribution in [-0.4, -0.2) is 30.4 Å². The van der Waals surface area contributed by atoms with E-state index >= 15 is 0 Å². The summed E-state index contributed by atoms with van der Waals surface area (Å²) in [6, 6.07) is 1.65. The molecule has 0 saturated heterocycles. The molecule has 0 saturated carbocycles. The van der Waals surface area contributed by atoms with Gasteiger partial charge >= 0.3 is 0 Å². The largest absolute Gasteiger partial charge is 0.343 e. The number of nitrogens with two attached hydrogens (primary N) is 1. The van der Waals surface area contributed by atoms with Crippen LogP contribution >= 0.6 is 0 Å². The maximum atomic E-state index is 11.8. The van der Waals surface area contributed by atoms with Gasteiger partial charge in [0.05, 0.1) is 18.0 Å². The smallest absolute Gasteiger partial charge is 0.239 e. The summed E-state index contributed by atoms with van der Waals surface area (Å²) in [5.41, 5.74) is 5.82. The average molecular weight is 211 g/mol. The molecule has 0 fully saturated rings. The fourth-order valence-electron chi connectivity index (χ4n) is 1.29. The predicted octanol–water partition coefficient (Wildman–Crippen LogP) is 0.978. The van der Waals surface area contributed by atoms with Crippen molar-refractivity contribution in [1.82, 2.24) is 4.90 Å². The Kier molecular flexibility index (Phi) is 5.95. The van der Waals surface area contributed by atoms with Crippen molar-refractivity contribution in [3.63, 3.8) is 0 Å². The Hall–Kier alpha value is -1.08. The summed E-state index contributed by atoms with van der Waals surface area (Å²) in [6.07, 6.45) is 0.883. The molecule has 0 aromatic heterocycles. The molecule has 86 valence electrons. The molecule has 3 unspecified atom stereocenters. The molecule has 4 nitrogen and oxygen atoms in total. The van der Waals surface area contributed by atoms with E-state index in [0.29, 0.717) is 6.54 Å². The van der Waals surface area contributed by atoms with Crippen LogP contribution in [0.1, 0.15) is 27.2 Å². The standard InChI is InChI=1S/C11H21N3O/c1-5-9(3)10(13)11(15)14(4)7-8(2)6-12/h8-10H,5,7,13H2,1-4H3. The van der Waals surface area contributed by atoms with Gasteiger partial charge in [0, 0.05) is 13.6 Å². The lowest BCUT2D eigenvalue weighted by Gasteiger charge is -2.25. The van der Waals surface area contributed by atoms with Crippen LogP contribution in [-0.2, 0) is 4.79 Å². The summed E-state index contributed by atoms with van der Waals surface area (Å²) in [6.45, 7) is 6.21. The zero-order valence-corrected chi connectivity index (χ0v) is 10.0. The Bertz CT molecular complexity index is 247. The molecule has 2 N–H and O–H groups in total. The van der Waals surface area contributed by atoms with Crippen LogP contribution in [0.15, 0.2) is 0 Å². The van der Waals surface area contributed by atoms with Gasteiger partial charge in [0.25, 0.3) is 0 Å². The first-order valence-electron chi connectivity index (χ1n) is 5.34. The first-order chi connectivity index (χ1) is 6.93. The third-order valence-corrected chi connectivity index (χ3v) is 2.69. The minimum Gasteiger partial charge on any atom is -0.343 e. The zero-order valence-electron chi connectivity index (χ0n) is 10.0. The van der Waals surface area contributed by atoms with Gasteiger partial charge in [-0.25, -0.2) is 0 Å². The lowest BCUT2D eigenvalue weighted by molar-refractivity contribution is -0.132. The van der Waals surface area contributed by atoms with E-state index < -0.39 is 6.04 Å². The van der Waals surface area contributed by atoms with Crippen molar-refractivity contribution in [2.75, 3.05) is 13.6 Å². The molecule has 15 heavy (non-hydrogen) atoms. The summed E-state index contributed by atoms with van der Waals surface area (Å²) in [7, 11) is 1.69. The second-order valence-corrected chi connectivity index (χ2v) is 4.16. The Morgan fingerprint density at radius 3 is 2.47 bits per heavy atom. The number of carbonyl (C=O) groups is 1. The summed E-state index contributed by atoms with van der Waals surface area (Å²) in [5, 5.41) is 8.64. The van der Waals surface area contributed by atoms with Crippen LogP contribution in [0.5, 0.6) is 0 Å². The van der Waals surface area contributed by atoms with Crippen molar-refractivity contribution in [1.29, 1.82) is 5.26 Å². The number of hydrogen-bond acceptors (Lipinski definition) is 3. The quantitative estimate of drug-likeness (QED) is 0.737. The molecule has 0 rings (SSSR count). The SMILES string of the molecule is CCC(C)C(N)C(=O)N(C)CC(C)C#N. The van der Waals surface area contributed by atoms with E-state index in [0.717, 1.165) is 6.42 Å². The molecule has 0 bridgehead atoms. The summed E-state index contributed by atoms with van der Waals surface area (Å²) in [5.74, 6) is -0.0492. The third kappa shape index (κ3) is 4.30. The summed E-state index contributed by atoms with van der Waals surface area (Å²) < 4.78 is 0. The molecule has 0 heterocycles. The predicted molar refractivity (Wildman–Crippen MR) is 59.8 cm³/mol. The number of hydrogen-bond donors (Lipinski definition) is 1. The molecule has 0 aromatic rings. The van der Waals surface area contributed by atoms with E-state index in [9.17, 15) is 4.79 Å². The molecule has 3 atom stereocenters. The maximum absolute atomic E-state index is 11.8. The highest BCUT2D eigenvalue weighted by Gasteiger charge is 2.23. The van der Waals surface area contributed by atoms with Crippen LogP contribution in [0, 0.1) is 23.2 Å². The van der Waals surface area contributed by atoms with Gasteiger partial charge in [0.15, 0.2) is 0 Å². The Balaban J connectivity index is 4.26. The zero-order chi connectivity index (χ0) is 12.0. The van der Waals surface area contributed by atoms with Crippen molar-refractivity contribution in [3.05, 3.63) is 0 Å². The van der Waals surface area contributed by atoms with Crippen molar-refractivity contribution in [2.45, 2.75) is 33.2 Å². The molecule has 0 aliphatic rings. The Labute approximate surface area is 92.0 Å². The van der Waals surface area contributed by atoms with Gasteiger partial charge < -0.3 is 10.6 Å². The normalized spacial score (nSPS) is 16.3. The van der Waals surface area contributed by atoms with E-state index in [1.807, 2.05) is 13.8 Å². The van der Waals surface area contributed by atoms with Crippen LogP contribution in [0.4, 0.5) is 0 Å². The van der Waals surface area contributed by atoms with E-state index in [4.69, 9.17) is 11.0 Å². The van der Waals surface area contributed by atoms with Crippen molar-refractivity contribution in [3.8, 4) is 6.07 Å². The number of amides is 1. The van der Waals surface area contributed by atoms with E-state index in [-0.39, 0.29) is 17.7 Å². The molecule has 1 amide bonds. The highest BCUT2D eigenvalue weighted by atomic mass is 16.2. The van der Waals surface area contributed by atoms with Gasteiger partial charge in [-0.15, -0.1) is 0 Å². The number of rotatable bonds is 5. The van der Waals surface area contributed by atoms with Gasteiger partial charge in [-0.1, -0.05) is 20.3 Å². The van der Waals surface area contributed by atoms with Crippen LogP contribution in [0.2, 0.25) is 0 Å². The molecular weight excluding hydrogens is 190 g/mol. The molecule has 0 aliphatic carbocycles. The summed E-state index contributed by atoms with van der Waals surface area (Å²) in [4.78, 5) is 13.3. The van der Waals surface area contributed by atoms with E-state index in [1.54, 1.807) is 18.9 Å². The first kappa shape index (κ1) is 13.9. The number of carbonyl (C=O) groups excluding carboxylic acids is 1. The van der Waals surface area contributed by atoms with Gasteiger partial charge in [-0.3, -0.25) is 4.79 Å². The van der Waals surface area contributed by atoms with E-state index in [2.05, 4.69) is 6.07 Å². The number of nitrogens with zero attached hydrogens (tertiary/aromatic N) is 2. The number of nitriles is 1. The fraction of sp³-hybridized carbons (Fsp3) is 0.818. The topological polar surface area (TPSA) is 70.1 Å². The van der Waals surface area contributed by atoms with Gasteiger partial charge in [-0.2, -0.15) is 5.26 Å². The van der Waals surface area contributed by atoms with E-state index in [1.165, 1.54) is 0 Å². The molecular formula is C11H21N3O. The minimum atomic E-state index is -0.453. The maximum Gasteiger partial charge on any atom is 0.239 e. The van der Waals surface area contributed by atoms with Gasteiger partial charge in [0.2, 0.25) is 5.91 Å². The van der Waals surface area contributed by atoms with Crippen molar-refractivity contribution >= 4 is 5.91 Å². The molecule has 0 spiro atoms. The average Bonchev–Trinajstić information content (AvgIpc) is 2.25. The molecule has 0 radical (unpaired) electrons. The van der Waals surface area contributed by atoms with Gasteiger partial charge in [0.1, 0.15) is 0 Å². The molecule has 4 heteroatoms. The monoisotopic (exact) mass is 211 g/mol. The lowest BCUT2D eigenvalue weighted by atomic mass is 9.99. The van der Waals surface area contributed by atoms with Gasteiger partial charge in [-0.05, 0) is 12.8 Å². The van der Waals surface area contributed by atoms with Crippen LogP contribution in [0.25, 0.3) is 0 Å². The highest BCUT2D eigenvalue weighted by molar-refractivity contribution is 5.81. The van der Waals surface area contributed by atoms with Crippen molar-refractivity contribution in [2.24, 2.45) is 17.6 Å². The van der Waals surface area contributed by atoms with Crippen LogP contribution in [0.3, 0.4) is 0 Å². The Morgan fingerprint density at radius 1 is 1.53 bits per heavy atom. The third-order valence-electron chi connectivity index (χ3n) is 2.69. The van der Waals surface area contributed by atoms with Crippen LogP contribution < -0.4 is 5.73 Å². The highest BCUT2D eigenvalue weighted by Crippen LogP contribution is 2.08.